The highest BCUT2D eigenvalue weighted by molar-refractivity contribution is 7.89. The third-order valence-corrected chi connectivity index (χ3v) is 5.50. The second-order valence-corrected chi connectivity index (χ2v) is 7.21. The van der Waals surface area contributed by atoms with Gasteiger partial charge in [0.15, 0.2) is 0 Å². The molecule has 0 radical (unpaired) electrons. The van der Waals surface area contributed by atoms with Crippen molar-refractivity contribution in [2.24, 2.45) is 11.7 Å². The molecule has 0 aliphatic carbocycles. The number of ether oxygens (including phenoxy) is 2. The van der Waals surface area contributed by atoms with Gasteiger partial charge in [0, 0.05) is 26.2 Å². The Hall–Kier alpha value is -1.15. The fourth-order valence-electron chi connectivity index (χ4n) is 2.24. The molecule has 2 atom stereocenters. The molecule has 21 heavy (non-hydrogen) atoms. The molecule has 2 N–H and O–H groups in total. The zero-order valence-corrected chi connectivity index (χ0v) is 13.2. The summed E-state index contributed by atoms with van der Waals surface area (Å²) >= 11 is 0. The fraction of sp³-hybridized carbons (Fsp3) is 0.571. The zero-order valence-electron chi connectivity index (χ0n) is 12.4. The average Bonchev–Trinajstić information content (AvgIpc) is 2.80. The normalized spacial score (nSPS) is 23.4. The third-order valence-electron chi connectivity index (χ3n) is 3.65. The number of sulfonamides is 1. The number of hydrogen-bond donors (Lipinski definition) is 1. The average molecular weight is 314 g/mol. The lowest BCUT2D eigenvalue weighted by Gasteiger charge is -2.16. The molecule has 2 rings (SSSR count). The van der Waals surface area contributed by atoms with Gasteiger partial charge < -0.3 is 15.2 Å². The summed E-state index contributed by atoms with van der Waals surface area (Å²) < 4.78 is 36.8. The van der Waals surface area contributed by atoms with E-state index >= 15 is 0 Å². The molecule has 0 spiro atoms. The molecular formula is C14H22N2O4S. The van der Waals surface area contributed by atoms with Gasteiger partial charge in [0.25, 0.3) is 0 Å². The van der Waals surface area contributed by atoms with Crippen LogP contribution in [0.3, 0.4) is 0 Å². The summed E-state index contributed by atoms with van der Waals surface area (Å²) in [5.74, 6) is 0.800. The Kier molecular flexibility index (Phi) is 5.21. The maximum atomic E-state index is 12.5. The van der Waals surface area contributed by atoms with E-state index < -0.39 is 10.0 Å². The number of rotatable bonds is 6. The summed E-state index contributed by atoms with van der Waals surface area (Å²) in [5.41, 5.74) is 5.90. The van der Waals surface area contributed by atoms with Crippen molar-refractivity contribution in [1.29, 1.82) is 0 Å². The first-order chi connectivity index (χ1) is 9.95. The lowest BCUT2D eigenvalue weighted by Crippen LogP contribution is -2.32. The van der Waals surface area contributed by atoms with Crippen molar-refractivity contribution >= 4 is 10.0 Å². The van der Waals surface area contributed by atoms with E-state index in [2.05, 4.69) is 0 Å². The van der Waals surface area contributed by atoms with Crippen LogP contribution in [0.25, 0.3) is 0 Å². The van der Waals surface area contributed by atoms with Crippen molar-refractivity contribution < 1.29 is 17.9 Å². The number of nitrogens with two attached hydrogens (primary N) is 1. The second-order valence-electron chi connectivity index (χ2n) is 5.28. The molecule has 0 amide bonds. The lowest BCUT2D eigenvalue weighted by molar-refractivity contribution is 0.146. The van der Waals surface area contributed by atoms with Crippen LogP contribution in [0, 0.1) is 5.92 Å². The molecular weight excluding hydrogens is 292 g/mol. The fourth-order valence-corrected chi connectivity index (χ4v) is 3.82. The van der Waals surface area contributed by atoms with E-state index in [-0.39, 0.29) is 16.9 Å². The van der Waals surface area contributed by atoms with Gasteiger partial charge in [-0.25, -0.2) is 8.42 Å². The maximum Gasteiger partial charge on any atom is 0.243 e. The van der Waals surface area contributed by atoms with Gasteiger partial charge in [0.1, 0.15) is 12.4 Å². The zero-order chi connectivity index (χ0) is 15.5. The van der Waals surface area contributed by atoms with Crippen molar-refractivity contribution in [3.63, 3.8) is 0 Å². The van der Waals surface area contributed by atoms with Gasteiger partial charge in [-0.1, -0.05) is 6.92 Å². The molecule has 1 fully saturated rings. The molecule has 1 aliphatic heterocycles. The van der Waals surface area contributed by atoms with Gasteiger partial charge in [0.05, 0.1) is 11.5 Å². The molecule has 1 aliphatic rings. The summed E-state index contributed by atoms with van der Waals surface area (Å²) in [7, 11) is -1.88. The quantitative estimate of drug-likeness (QED) is 0.781. The minimum absolute atomic E-state index is 0.101. The molecule has 118 valence electrons. The first-order valence-corrected chi connectivity index (χ1v) is 8.36. The molecule has 1 saturated heterocycles. The van der Waals surface area contributed by atoms with Crippen LogP contribution in [0.4, 0.5) is 0 Å². The van der Waals surface area contributed by atoms with E-state index in [0.29, 0.717) is 32.1 Å². The van der Waals surface area contributed by atoms with Crippen molar-refractivity contribution in [3.8, 4) is 5.75 Å². The van der Waals surface area contributed by atoms with Gasteiger partial charge >= 0.3 is 0 Å². The summed E-state index contributed by atoms with van der Waals surface area (Å²) in [6, 6.07) is 6.33. The molecule has 1 aromatic carbocycles. The predicted octanol–water partition coefficient (Wildman–Crippen LogP) is 0.680. The van der Waals surface area contributed by atoms with E-state index in [4.69, 9.17) is 15.2 Å². The van der Waals surface area contributed by atoms with Gasteiger partial charge in [-0.3, -0.25) is 0 Å². The van der Waals surface area contributed by atoms with E-state index in [1.807, 2.05) is 6.92 Å². The number of hydrogen-bond acceptors (Lipinski definition) is 5. The van der Waals surface area contributed by atoms with Gasteiger partial charge in [-0.15, -0.1) is 0 Å². The van der Waals surface area contributed by atoms with Crippen molar-refractivity contribution in [2.75, 3.05) is 33.4 Å². The van der Waals surface area contributed by atoms with Crippen LogP contribution < -0.4 is 10.5 Å². The predicted molar refractivity (Wildman–Crippen MR) is 79.7 cm³/mol. The lowest BCUT2D eigenvalue weighted by atomic mass is 10.1. The first kappa shape index (κ1) is 16.2. The third kappa shape index (κ3) is 3.74. The number of benzene rings is 1. The molecule has 6 nitrogen and oxygen atoms in total. The minimum Gasteiger partial charge on any atom is -0.491 e. The van der Waals surface area contributed by atoms with Crippen LogP contribution in [-0.2, 0) is 14.8 Å². The van der Waals surface area contributed by atoms with E-state index in [9.17, 15) is 8.42 Å². The molecule has 7 heteroatoms. The highest BCUT2D eigenvalue weighted by Gasteiger charge is 2.35. The minimum atomic E-state index is -3.47. The van der Waals surface area contributed by atoms with E-state index in [1.54, 1.807) is 31.4 Å². The Balaban J connectivity index is 2.07. The summed E-state index contributed by atoms with van der Waals surface area (Å²) in [4.78, 5) is 0.267. The summed E-state index contributed by atoms with van der Waals surface area (Å²) in [5, 5.41) is 0. The first-order valence-electron chi connectivity index (χ1n) is 6.92. The summed E-state index contributed by atoms with van der Waals surface area (Å²) in [6.45, 7) is 3.73. The monoisotopic (exact) mass is 314 g/mol. The number of methoxy groups -OCH3 is 1. The van der Waals surface area contributed by atoms with Crippen molar-refractivity contribution in [2.45, 2.75) is 17.9 Å². The van der Waals surface area contributed by atoms with E-state index in [1.165, 1.54) is 4.31 Å². The maximum absolute atomic E-state index is 12.5. The SMILES string of the molecule is COCCOc1ccc(S(=O)(=O)N2CC(C)C(N)C2)cc1. The van der Waals surface area contributed by atoms with Crippen LogP contribution in [0.5, 0.6) is 5.75 Å². The molecule has 1 heterocycles. The molecule has 0 bridgehead atoms. The Bertz CT molecular complexity index is 549. The highest BCUT2D eigenvalue weighted by Crippen LogP contribution is 2.24. The molecule has 0 aromatic heterocycles. The Morgan fingerprint density at radius 1 is 1.24 bits per heavy atom. The van der Waals surface area contributed by atoms with Crippen LogP contribution in [-0.4, -0.2) is 52.2 Å². The summed E-state index contributed by atoms with van der Waals surface area (Å²) in [6.07, 6.45) is 0. The smallest absolute Gasteiger partial charge is 0.243 e. The largest absolute Gasteiger partial charge is 0.491 e. The van der Waals surface area contributed by atoms with Gasteiger partial charge in [0.2, 0.25) is 10.0 Å². The van der Waals surface area contributed by atoms with Gasteiger partial charge in [-0.2, -0.15) is 4.31 Å². The Morgan fingerprint density at radius 2 is 1.90 bits per heavy atom. The van der Waals surface area contributed by atoms with E-state index in [0.717, 1.165) is 0 Å². The van der Waals surface area contributed by atoms with Crippen molar-refractivity contribution in [1.82, 2.24) is 4.31 Å². The van der Waals surface area contributed by atoms with Crippen LogP contribution in [0.2, 0.25) is 0 Å². The standard InChI is InChI=1S/C14H22N2O4S/c1-11-9-16(10-14(11)15)21(17,18)13-5-3-12(4-6-13)20-8-7-19-2/h3-6,11,14H,7-10,15H2,1-2H3. The van der Waals surface area contributed by atoms with Gasteiger partial charge in [-0.05, 0) is 30.2 Å². The van der Waals surface area contributed by atoms with Crippen LogP contribution >= 0.6 is 0 Å². The topological polar surface area (TPSA) is 81.9 Å². The molecule has 0 saturated carbocycles. The second kappa shape index (κ2) is 6.74. The van der Waals surface area contributed by atoms with Crippen LogP contribution in [0.1, 0.15) is 6.92 Å². The highest BCUT2D eigenvalue weighted by atomic mass is 32.2. The Labute approximate surface area is 125 Å². The molecule has 1 aromatic rings. The Morgan fingerprint density at radius 3 is 2.43 bits per heavy atom. The van der Waals surface area contributed by atoms with Crippen LogP contribution in [0.15, 0.2) is 29.2 Å². The molecule has 2 unspecified atom stereocenters. The number of nitrogens with zero attached hydrogens (tertiary/aromatic N) is 1. The van der Waals surface area contributed by atoms with Crippen molar-refractivity contribution in [3.05, 3.63) is 24.3 Å².